The smallest absolute Gasteiger partial charge is 0.231 e. The summed E-state index contributed by atoms with van der Waals surface area (Å²) >= 11 is 6.35. The van der Waals surface area contributed by atoms with Gasteiger partial charge in [0.2, 0.25) is 6.79 Å². The number of rotatable bonds is 3. The van der Waals surface area contributed by atoms with E-state index in [0.29, 0.717) is 16.9 Å². The zero-order valence-corrected chi connectivity index (χ0v) is 12.9. The maximum atomic E-state index is 6.35. The molecule has 3 rings (SSSR count). The molecular weight excluding hydrogens is 274 g/mol. The summed E-state index contributed by atoms with van der Waals surface area (Å²) in [6.45, 7) is 6.93. The molecule has 0 radical (unpaired) electrons. The first kappa shape index (κ1) is 14.0. The highest BCUT2D eigenvalue weighted by atomic mass is 35.5. The van der Waals surface area contributed by atoms with Crippen molar-refractivity contribution in [2.24, 2.45) is 5.92 Å². The third kappa shape index (κ3) is 2.61. The molecule has 0 bridgehead atoms. The second-order valence-electron chi connectivity index (χ2n) is 6.07. The average Bonchev–Trinajstić information content (AvgIpc) is 2.89. The number of nitrogens with one attached hydrogen (secondary N) is 1. The highest BCUT2D eigenvalue weighted by Crippen LogP contribution is 2.46. The van der Waals surface area contributed by atoms with Gasteiger partial charge in [-0.3, -0.25) is 0 Å². The molecule has 1 saturated heterocycles. The SMILES string of the molecule is CC(C)c1c(CC2CCCNC2)cc(Cl)c2c1OCO2. The van der Waals surface area contributed by atoms with Gasteiger partial charge in [-0.2, -0.15) is 0 Å². The van der Waals surface area contributed by atoms with Gasteiger partial charge in [-0.25, -0.2) is 0 Å². The molecule has 1 N–H and O–H groups in total. The molecule has 1 unspecified atom stereocenters. The predicted molar refractivity (Wildman–Crippen MR) is 81.0 cm³/mol. The first-order chi connectivity index (χ1) is 9.66. The fraction of sp³-hybridized carbons (Fsp3) is 0.625. The van der Waals surface area contributed by atoms with Crippen molar-refractivity contribution in [1.82, 2.24) is 5.32 Å². The van der Waals surface area contributed by atoms with Gasteiger partial charge in [0, 0.05) is 5.56 Å². The van der Waals surface area contributed by atoms with Crippen LogP contribution < -0.4 is 14.8 Å². The lowest BCUT2D eigenvalue weighted by Gasteiger charge is -2.25. The van der Waals surface area contributed by atoms with Crippen LogP contribution in [0, 0.1) is 5.92 Å². The molecule has 0 saturated carbocycles. The molecule has 0 aliphatic carbocycles. The lowest BCUT2D eigenvalue weighted by atomic mass is 9.86. The largest absolute Gasteiger partial charge is 0.453 e. The zero-order chi connectivity index (χ0) is 14.1. The monoisotopic (exact) mass is 295 g/mol. The van der Waals surface area contributed by atoms with Crippen LogP contribution >= 0.6 is 11.6 Å². The molecule has 1 fully saturated rings. The van der Waals surface area contributed by atoms with Crippen LogP contribution in [0.15, 0.2) is 6.07 Å². The molecule has 110 valence electrons. The maximum Gasteiger partial charge on any atom is 0.231 e. The quantitative estimate of drug-likeness (QED) is 0.921. The minimum atomic E-state index is 0.281. The summed E-state index contributed by atoms with van der Waals surface area (Å²) in [7, 11) is 0. The van der Waals surface area contributed by atoms with Gasteiger partial charge in [0.25, 0.3) is 0 Å². The summed E-state index contributed by atoms with van der Waals surface area (Å²) in [4.78, 5) is 0. The van der Waals surface area contributed by atoms with Crippen molar-refractivity contribution in [2.75, 3.05) is 19.9 Å². The van der Waals surface area contributed by atoms with Crippen LogP contribution in [0.3, 0.4) is 0 Å². The first-order valence-corrected chi connectivity index (χ1v) is 7.86. The van der Waals surface area contributed by atoms with Crippen molar-refractivity contribution < 1.29 is 9.47 Å². The molecule has 1 atom stereocenters. The number of hydrogen-bond donors (Lipinski definition) is 1. The van der Waals surface area contributed by atoms with E-state index in [2.05, 4.69) is 25.2 Å². The molecular formula is C16H22ClNO2. The van der Waals surface area contributed by atoms with Gasteiger partial charge in [-0.15, -0.1) is 0 Å². The Hall–Kier alpha value is -0.930. The molecule has 0 aromatic heterocycles. The topological polar surface area (TPSA) is 30.5 Å². The molecule has 0 spiro atoms. The number of benzene rings is 1. The minimum absolute atomic E-state index is 0.281. The van der Waals surface area contributed by atoms with Crippen LogP contribution in [-0.4, -0.2) is 19.9 Å². The van der Waals surface area contributed by atoms with Crippen molar-refractivity contribution in [1.29, 1.82) is 0 Å². The Labute approximate surface area is 125 Å². The second-order valence-corrected chi connectivity index (χ2v) is 6.47. The third-order valence-electron chi connectivity index (χ3n) is 4.21. The fourth-order valence-corrected chi connectivity index (χ4v) is 3.58. The van der Waals surface area contributed by atoms with Crippen LogP contribution in [-0.2, 0) is 6.42 Å². The molecule has 20 heavy (non-hydrogen) atoms. The van der Waals surface area contributed by atoms with Crippen LogP contribution in [0.25, 0.3) is 0 Å². The Bertz CT molecular complexity index is 496. The highest BCUT2D eigenvalue weighted by molar-refractivity contribution is 6.32. The van der Waals surface area contributed by atoms with Gasteiger partial charge in [-0.1, -0.05) is 25.4 Å². The van der Waals surface area contributed by atoms with Crippen LogP contribution in [0.1, 0.15) is 43.7 Å². The van der Waals surface area contributed by atoms with E-state index in [4.69, 9.17) is 21.1 Å². The lowest BCUT2D eigenvalue weighted by Crippen LogP contribution is -2.31. The summed E-state index contributed by atoms with van der Waals surface area (Å²) < 4.78 is 11.2. The Morgan fingerprint density at radius 1 is 1.35 bits per heavy atom. The van der Waals surface area contributed by atoms with Gasteiger partial charge < -0.3 is 14.8 Å². The molecule has 1 aromatic carbocycles. The van der Waals surface area contributed by atoms with Crippen LogP contribution in [0.2, 0.25) is 5.02 Å². The Morgan fingerprint density at radius 2 is 2.15 bits per heavy atom. The van der Waals surface area contributed by atoms with E-state index >= 15 is 0 Å². The summed E-state index contributed by atoms with van der Waals surface area (Å²) in [5.74, 6) is 2.69. The highest BCUT2D eigenvalue weighted by Gasteiger charge is 2.27. The number of ether oxygens (including phenoxy) is 2. The summed E-state index contributed by atoms with van der Waals surface area (Å²) in [6, 6.07) is 2.08. The summed E-state index contributed by atoms with van der Waals surface area (Å²) in [6.07, 6.45) is 3.62. The standard InChI is InChI=1S/C16H22ClNO2/c1-10(2)14-12(6-11-4-3-5-18-8-11)7-13(17)15-16(14)20-9-19-15/h7,10-11,18H,3-6,8-9H2,1-2H3. The minimum Gasteiger partial charge on any atom is -0.453 e. The molecule has 3 nitrogen and oxygen atoms in total. The second kappa shape index (κ2) is 5.82. The van der Waals surface area contributed by atoms with Crippen molar-refractivity contribution in [3.05, 3.63) is 22.2 Å². The molecule has 0 amide bonds. The van der Waals surface area contributed by atoms with E-state index in [1.165, 1.54) is 24.0 Å². The summed E-state index contributed by atoms with van der Waals surface area (Å²) in [5, 5.41) is 4.16. The van der Waals surface area contributed by atoms with E-state index in [-0.39, 0.29) is 6.79 Å². The molecule has 2 aliphatic rings. The van der Waals surface area contributed by atoms with Gasteiger partial charge >= 0.3 is 0 Å². The molecule has 1 aromatic rings. The Kier molecular flexibility index (Phi) is 4.08. The predicted octanol–water partition coefficient (Wildman–Crippen LogP) is 3.73. The average molecular weight is 296 g/mol. The lowest BCUT2D eigenvalue weighted by molar-refractivity contribution is 0.173. The summed E-state index contributed by atoms with van der Waals surface area (Å²) in [5.41, 5.74) is 2.59. The molecule has 4 heteroatoms. The van der Waals surface area contributed by atoms with Crippen molar-refractivity contribution in [3.63, 3.8) is 0 Å². The van der Waals surface area contributed by atoms with E-state index in [1.807, 2.05) is 0 Å². The number of halogens is 1. The van der Waals surface area contributed by atoms with E-state index < -0.39 is 0 Å². The van der Waals surface area contributed by atoms with Crippen molar-refractivity contribution in [3.8, 4) is 11.5 Å². The van der Waals surface area contributed by atoms with Gasteiger partial charge in [0.1, 0.15) is 0 Å². The Morgan fingerprint density at radius 3 is 2.85 bits per heavy atom. The van der Waals surface area contributed by atoms with Crippen molar-refractivity contribution in [2.45, 2.75) is 39.0 Å². The normalized spacial score (nSPS) is 21.5. The molecule has 2 aliphatic heterocycles. The van der Waals surface area contributed by atoms with Gasteiger partial charge in [0.15, 0.2) is 11.5 Å². The maximum absolute atomic E-state index is 6.35. The van der Waals surface area contributed by atoms with Crippen molar-refractivity contribution >= 4 is 11.6 Å². The number of fused-ring (bicyclic) bond motifs is 1. The number of piperidine rings is 1. The van der Waals surface area contributed by atoms with E-state index in [0.717, 1.165) is 31.0 Å². The van der Waals surface area contributed by atoms with Gasteiger partial charge in [-0.05, 0) is 55.8 Å². The van der Waals surface area contributed by atoms with Crippen LogP contribution in [0.5, 0.6) is 11.5 Å². The first-order valence-electron chi connectivity index (χ1n) is 7.48. The zero-order valence-electron chi connectivity index (χ0n) is 12.2. The van der Waals surface area contributed by atoms with E-state index in [1.54, 1.807) is 0 Å². The molecule has 2 heterocycles. The third-order valence-corrected chi connectivity index (χ3v) is 4.49. The van der Waals surface area contributed by atoms with Gasteiger partial charge in [0.05, 0.1) is 5.02 Å². The van der Waals surface area contributed by atoms with E-state index in [9.17, 15) is 0 Å². The Balaban J connectivity index is 1.94. The van der Waals surface area contributed by atoms with Crippen LogP contribution in [0.4, 0.5) is 0 Å². The number of hydrogen-bond acceptors (Lipinski definition) is 3. The fourth-order valence-electron chi connectivity index (χ4n) is 3.31.